The molecule has 1 saturated carbocycles. The van der Waals surface area contributed by atoms with Crippen LogP contribution in [-0.4, -0.2) is 25.5 Å². The van der Waals surface area contributed by atoms with Crippen LogP contribution in [0.5, 0.6) is 0 Å². The van der Waals surface area contributed by atoms with E-state index in [1.807, 2.05) is 18.2 Å². The van der Waals surface area contributed by atoms with Crippen LogP contribution in [0.2, 0.25) is 0 Å². The van der Waals surface area contributed by atoms with Crippen LogP contribution in [0.15, 0.2) is 30.5 Å². The minimum atomic E-state index is -0.378. The zero-order chi connectivity index (χ0) is 18.6. The van der Waals surface area contributed by atoms with Gasteiger partial charge in [-0.3, -0.25) is 0 Å². The molecule has 140 valence electrons. The van der Waals surface area contributed by atoms with E-state index < -0.39 is 0 Å². The molecule has 1 aliphatic heterocycles. The highest BCUT2D eigenvalue weighted by Gasteiger charge is 2.46. The summed E-state index contributed by atoms with van der Waals surface area (Å²) in [5, 5.41) is 9.30. The van der Waals surface area contributed by atoms with Crippen molar-refractivity contribution in [2.45, 2.75) is 58.7 Å². The van der Waals surface area contributed by atoms with E-state index in [1.165, 1.54) is 5.56 Å². The number of ether oxygens (including phenoxy) is 2. The van der Waals surface area contributed by atoms with Crippen molar-refractivity contribution in [1.82, 2.24) is 0 Å². The molecule has 1 aliphatic carbocycles. The van der Waals surface area contributed by atoms with Crippen LogP contribution in [0.3, 0.4) is 0 Å². The monoisotopic (exact) mass is 354 g/mol. The lowest BCUT2D eigenvalue weighted by atomic mass is 9.72. The number of allylic oxidation sites excluding steroid dienone is 1. The molecule has 1 heterocycles. The van der Waals surface area contributed by atoms with E-state index in [-0.39, 0.29) is 11.2 Å². The Kier molecular flexibility index (Phi) is 5.70. The highest BCUT2D eigenvalue weighted by atomic mass is 16.7. The third-order valence-corrected chi connectivity index (χ3v) is 5.57. The molecule has 0 radical (unpaired) electrons. The van der Waals surface area contributed by atoms with E-state index in [4.69, 9.17) is 9.47 Å². The summed E-state index contributed by atoms with van der Waals surface area (Å²) in [4.78, 5) is 2.31. The molecule has 1 spiro atoms. The largest absolute Gasteiger partial charge is 0.348 e. The Morgan fingerprint density at radius 3 is 2.73 bits per heavy atom. The fourth-order valence-electron chi connectivity index (χ4n) is 4.34. The Morgan fingerprint density at radius 2 is 2.04 bits per heavy atom. The van der Waals surface area contributed by atoms with Crippen molar-refractivity contribution >= 4 is 5.69 Å². The second-order valence-electron chi connectivity index (χ2n) is 7.98. The highest BCUT2D eigenvalue weighted by molar-refractivity contribution is 5.59. The first-order valence-corrected chi connectivity index (χ1v) is 9.71. The maximum absolute atomic E-state index is 9.30. The molecule has 0 amide bonds. The Balaban J connectivity index is 1.87. The van der Waals surface area contributed by atoms with Crippen molar-refractivity contribution in [2.75, 3.05) is 24.7 Å². The molecule has 1 saturated heterocycles. The van der Waals surface area contributed by atoms with Gasteiger partial charge in [-0.2, -0.15) is 5.26 Å². The molecular weight excluding hydrogens is 324 g/mol. The number of rotatable bonds is 5. The lowest BCUT2D eigenvalue weighted by Crippen LogP contribution is -2.45. The number of hydrogen-bond donors (Lipinski definition) is 0. The number of anilines is 1. The molecule has 2 fully saturated rings. The summed E-state index contributed by atoms with van der Waals surface area (Å²) in [6.07, 6.45) is 9.55. The van der Waals surface area contributed by atoms with Crippen molar-refractivity contribution in [1.29, 1.82) is 5.26 Å². The molecule has 0 aromatic heterocycles. The predicted molar refractivity (Wildman–Crippen MR) is 104 cm³/mol. The van der Waals surface area contributed by atoms with E-state index in [0.29, 0.717) is 18.8 Å². The number of aryl methyl sites for hydroxylation is 1. The molecule has 3 rings (SSSR count). The third-order valence-electron chi connectivity index (χ3n) is 5.57. The smallest absolute Gasteiger partial charge is 0.169 e. The molecule has 1 aromatic carbocycles. The average Bonchev–Trinajstić information content (AvgIpc) is 3.06. The van der Waals surface area contributed by atoms with Crippen LogP contribution in [0.1, 0.15) is 57.1 Å². The Morgan fingerprint density at radius 1 is 1.27 bits per heavy atom. The first-order chi connectivity index (χ1) is 12.5. The number of nitriles is 1. The van der Waals surface area contributed by atoms with Gasteiger partial charge in [0.25, 0.3) is 0 Å². The van der Waals surface area contributed by atoms with Gasteiger partial charge in [0.15, 0.2) is 5.79 Å². The normalized spacial score (nSPS) is 24.8. The van der Waals surface area contributed by atoms with Crippen LogP contribution >= 0.6 is 0 Å². The van der Waals surface area contributed by atoms with Crippen molar-refractivity contribution in [2.24, 2.45) is 5.41 Å². The van der Waals surface area contributed by atoms with Gasteiger partial charge in [0.05, 0.1) is 24.8 Å². The van der Waals surface area contributed by atoms with E-state index in [2.05, 4.69) is 44.0 Å². The molecule has 0 unspecified atom stereocenters. The summed E-state index contributed by atoms with van der Waals surface area (Å²) in [5.41, 5.74) is 3.11. The van der Waals surface area contributed by atoms with Crippen molar-refractivity contribution in [3.8, 4) is 6.07 Å². The van der Waals surface area contributed by atoms with E-state index in [9.17, 15) is 5.26 Å². The van der Waals surface area contributed by atoms with E-state index >= 15 is 0 Å². The van der Waals surface area contributed by atoms with Crippen LogP contribution in [-0.2, 0) is 9.47 Å². The lowest BCUT2D eigenvalue weighted by molar-refractivity contribution is -0.198. The fourth-order valence-corrected chi connectivity index (χ4v) is 4.34. The van der Waals surface area contributed by atoms with Gasteiger partial charge in [-0.15, -0.1) is 0 Å². The molecular formula is C22H30N2O2. The second kappa shape index (κ2) is 7.82. The molecule has 2 aliphatic rings. The van der Waals surface area contributed by atoms with E-state index in [0.717, 1.165) is 44.3 Å². The molecule has 4 nitrogen and oxygen atoms in total. The maximum Gasteiger partial charge on any atom is 0.169 e. The predicted octanol–water partition coefficient (Wildman–Crippen LogP) is 4.92. The van der Waals surface area contributed by atoms with Crippen molar-refractivity contribution in [3.05, 3.63) is 41.6 Å². The maximum atomic E-state index is 9.30. The summed E-state index contributed by atoms with van der Waals surface area (Å²) in [6, 6.07) is 8.19. The minimum Gasteiger partial charge on any atom is -0.348 e. The van der Waals surface area contributed by atoms with Gasteiger partial charge in [0.2, 0.25) is 0 Å². The Bertz CT molecular complexity index is 701. The molecule has 1 atom stereocenters. The van der Waals surface area contributed by atoms with Gasteiger partial charge in [-0.1, -0.05) is 26.0 Å². The first-order valence-electron chi connectivity index (χ1n) is 9.71. The summed E-state index contributed by atoms with van der Waals surface area (Å²) in [7, 11) is 0. The standard InChI is InChI=1S/C22H30N2O2/c1-4-5-11-24(20-14-19(15-23)8-7-18(20)2)17-21(3)9-6-10-22(16-21)25-12-13-26-22/h5,7-8,11,14H,4,6,9-10,12-13,16-17H2,1-3H3/b11-5-/t21-/m0/s1. The van der Waals surface area contributed by atoms with Crippen LogP contribution in [0.25, 0.3) is 0 Å². The second-order valence-corrected chi connectivity index (χ2v) is 7.98. The van der Waals surface area contributed by atoms with Crippen molar-refractivity contribution in [3.63, 3.8) is 0 Å². The number of nitrogens with zero attached hydrogens (tertiary/aromatic N) is 2. The Labute approximate surface area is 157 Å². The van der Waals surface area contributed by atoms with Gasteiger partial charge >= 0.3 is 0 Å². The van der Waals surface area contributed by atoms with Gasteiger partial charge in [0, 0.05) is 31.3 Å². The van der Waals surface area contributed by atoms with Gasteiger partial charge in [-0.05, 0) is 49.3 Å². The third kappa shape index (κ3) is 4.11. The SMILES string of the molecule is CC/C=C\N(C[C@@]1(C)CCCC2(C1)OCCO2)c1cc(C#N)ccc1C. The lowest BCUT2D eigenvalue weighted by Gasteiger charge is -2.45. The van der Waals surface area contributed by atoms with Gasteiger partial charge < -0.3 is 14.4 Å². The van der Waals surface area contributed by atoms with Crippen molar-refractivity contribution < 1.29 is 9.47 Å². The fraction of sp³-hybridized carbons (Fsp3) is 0.591. The summed E-state index contributed by atoms with van der Waals surface area (Å²) < 4.78 is 12.0. The first kappa shape index (κ1) is 18.9. The zero-order valence-corrected chi connectivity index (χ0v) is 16.3. The molecule has 0 bridgehead atoms. The van der Waals surface area contributed by atoms with Crippen LogP contribution < -0.4 is 4.90 Å². The Hall–Kier alpha value is -1.83. The summed E-state index contributed by atoms with van der Waals surface area (Å²) >= 11 is 0. The zero-order valence-electron chi connectivity index (χ0n) is 16.3. The molecule has 4 heteroatoms. The molecule has 1 aromatic rings. The van der Waals surface area contributed by atoms with Gasteiger partial charge in [-0.25, -0.2) is 0 Å². The average molecular weight is 354 g/mol. The highest BCUT2D eigenvalue weighted by Crippen LogP contribution is 2.46. The number of hydrogen-bond acceptors (Lipinski definition) is 4. The van der Waals surface area contributed by atoms with Crippen LogP contribution in [0.4, 0.5) is 5.69 Å². The number of benzene rings is 1. The molecule has 26 heavy (non-hydrogen) atoms. The van der Waals surface area contributed by atoms with Crippen LogP contribution in [0, 0.1) is 23.7 Å². The topological polar surface area (TPSA) is 45.5 Å². The van der Waals surface area contributed by atoms with Gasteiger partial charge in [0.1, 0.15) is 0 Å². The van der Waals surface area contributed by atoms with E-state index in [1.54, 1.807) is 0 Å². The summed E-state index contributed by atoms with van der Waals surface area (Å²) in [6.45, 7) is 8.91. The molecule has 0 N–H and O–H groups in total. The minimum absolute atomic E-state index is 0.107. The summed E-state index contributed by atoms with van der Waals surface area (Å²) in [5.74, 6) is -0.378. The quantitative estimate of drug-likeness (QED) is 0.753.